The highest BCUT2D eigenvalue weighted by Gasteiger charge is 2.15. The second-order valence-corrected chi connectivity index (χ2v) is 4.82. The summed E-state index contributed by atoms with van der Waals surface area (Å²) in [4.78, 5) is 11.8. The molecule has 1 aromatic carbocycles. The minimum atomic E-state index is -0.511. The maximum absolute atomic E-state index is 11.8. The number of rotatable bonds is 5. The van der Waals surface area contributed by atoms with Gasteiger partial charge in [-0.05, 0) is 24.6 Å². The Morgan fingerprint density at radius 2 is 2.24 bits per heavy atom. The summed E-state index contributed by atoms with van der Waals surface area (Å²) in [5, 5.41) is 9.64. The van der Waals surface area contributed by atoms with Crippen molar-refractivity contribution in [3.63, 3.8) is 0 Å². The minimum absolute atomic E-state index is 0.254. The van der Waals surface area contributed by atoms with Crippen LogP contribution in [0.3, 0.4) is 0 Å². The quantitative estimate of drug-likeness (QED) is 0.392. The van der Waals surface area contributed by atoms with E-state index in [1.807, 2.05) is 0 Å². The Morgan fingerprint density at radius 1 is 1.48 bits per heavy atom. The van der Waals surface area contributed by atoms with E-state index in [0.29, 0.717) is 16.1 Å². The predicted octanol–water partition coefficient (Wildman–Crippen LogP) is 3.43. The van der Waals surface area contributed by atoms with Crippen LogP contribution in [-0.4, -0.2) is 24.8 Å². The van der Waals surface area contributed by atoms with Crippen LogP contribution in [0.2, 0.25) is 5.02 Å². The normalized spacial score (nSPS) is 10.8. The summed E-state index contributed by atoms with van der Waals surface area (Å²) in [6, 6.07) is 5.11. The van der Waals surface area contributed by atoms with Gasteiger partial charge in [0.1, 0.15) is 0 Å². The number of methoxy groups -OCH3 is 1. The van der Waals surface area contributed by atoms with Gasteiger partial charge in [-0.25, -0.2) is 4.79 Å². The molecule has 0 spiro atoms. The Hall–Kier alpha value is -1.76. The van der Waals surface area contributed by atoms with E-state index in [2.05, 4.69) is 18.8 Å². The summed E-state index contributed by atoms with van der Waals surface area (Å²) < 4.78 is 4.75. The van der Waals surface area contributed by atoms with Gasteiger partial charge in [0.05, 0.1) is 19.3 Å². The number of aliphatic hydroxyl groups excluding tert-OH is 1. The number of esters is 1. The molecule has 0 aliphatic heterocycles. The largest absolute Gasteiger partial charge is 0.465 e. The van der Waals surface area contributed by atoms with Crippen LogP contribution in [0.15, 0.2) is 24.3 Å². The Balaban J connectivity index is 3.23. The van der Waals surface area contributed by atoms with Crippen LogP contribution in [-0.2, 0) is 9.53 Å². The van der Waals surface area contributed by atoms with Crippen molar-refractivity contribution in [1.29, 1.82) is 0 Å². The van der Waals surface area contributed by atoms with Crippen LogP contribution in [0.25, 0.3) is 5.57 Å². The third-order valence-electron chi connectivity index (χ3n) is 2.85. The van der Waals surface area contributed by atoms with E-state index in [1.54, 1.807) is 18.2 Å². The van der Waals surface area contributed by atoms with E-state index in [0.717, 1.165) is 19.3 Å². The van der Waals surface area contributed by atoms with Crippen molar-refractivity contribution in [1.82, 2.24) is 0 Å². The van der Waals surface area contributed by atoms with Gasteiger partial charge in [0, 0.05) is 22.6 Å². The Kier molecular flexibility index (Phi) is 7.60. The fourth-order valence-corrected chi connectivity index (χ4v) is 1.95. The monoisotopic (exact) mass is 306 g/mol. The molecule has 0 bridgehead atoms. The molecule has 0 saturated carbocycles. The molecule has 21 heavy (non-hydrogen) atoms. The van der Waals surface area contributed by atoms with Crippen molar-refractivity contribution in [3.8, 4) is 11.8 Å². The van der Waals surface area contributed by atoms with E-state index >= 15 is 0 Å². The molecule has 4 heteroatoms. The number of halogens is 1. The van der Waals surface area contributed by atoms with Crippen LogP contribution in [0.4, 0.5) is 0 Å². The number of carbonyl (C=O) groups is 1. The number of unbranched alkanes of at least 4 members (excludes halogenated alkanes) is 2. The molecule has 3 nitrogen and oxygen atoms in total. The van der Waals surface area contributed by atoms with Gasteiger partial charge in [-0.1, -0.05) is 42.9 Å². The third-order valence-corrected chi connectivity index (χ3v) is 3.09. The summed E-state index contributed by atoms with van der Waals surface area (Å²) in [5.41, 5.74) is 1.56. The highest BCUT2D eigenvalue weighted by atomic mass is 35.5. The third kappa shape index (κ3) is 5.26. The van der Waals surface area contributed by atoms with Gasteiger partial charge in [0.25, 0.3) is 0 Å². The van der Waals surface area contributed by atoms with Crippen LogP contribution < -0.4 is 0 Å². The van der Waals surface area contributed by atoms with Gasteiger partial charge in [-0.2, -0.15) is 0 Å². The molecule has 0 heterocycles. The van der Waals surface area contributed by atoms with Crippen molar-refractivity contribution in [2.45, 2.75) is 26.2 Å². The lowest BCUT2D eigenvalue weighted by molar-refractivity contribution is -0.133. The lowest BCUT2D eigenvalue weighted by atomic mass is 9.99. The number of carbonyl (C=O) groups excluding carboxylic acids is 1. The van der Waals surface area contributed by atoms with Crippen molar-refractivity contribution < 1.29 is 14.6 Å². The van der Waals surface area contributed by atoms with Gasteiger partial charge in [0.15, 0.2) is 0 Å². The lowest BCUT2D eigenvalue weighted by Gasteiger charge is -2.08. The Bertz CT molecular complexity index is 579. The first-order valence-electron chi connectivity index (χ1n) is 6.82. The molecule has 112 valence electrons. The zero-order valence-electron chi connectivity index (χ0n) is 12.3. The summed E-state index contributed by atoms with van der Waals surface area (Å²) in [7, 11) is 1.30. The minimum Gasteiger partial charge on any atom is -0.465 e. The number of hydrogen-bond acceptors (Lipinski definition) is 3. The number of aliphatic hydroxyl groups is 1. The number of benzene rings is 1. The molecule has 1 aromatic rings. The molecule has 0 unspecified atom stereocenters. The summed E-state index contributed by atoms with van der Waals surface area (Å²) in [6.45, 7) is 1.85. The van der Waals surface area contributed by atoms with Crippen molar-refractivity contribution >= 4 is 23.1 Å². The Morgan fingerprint density at radius 3 is 2.86 bits per heavy atom. The van der Waals surface area contributed by atoms with Gasteiger partial charge in [0.2, 0.25) is 0 Å². The molecule has 1 rings (SSSR count). The SMILES string of the molecule is CCCCC#Cc1cc(Cl)ccc1/C(=C\CO)C(=O)OC. The lowest BCUT2D eigenvalue weighted by Crippen LogP contribution is -2.06. The molecule has 0 fully saturated rings. The van der Waals surface area contributed by atoms with Gasteiger partial charge in [-0.3, -0.25) is 0 Å². The first-order valence-corrected chi connectivity index (χ1v) is 7.20. The van der Waals surface area contributed by atoms with Crippen LogP contribution >= 0.6 is 11.6 Å². The zero-order valence-corrected chi connectivity index (χ0v) is 13.0. The molecular weight excluding hydrogens is 288 g/mol. The molecule has 0 atom stereocenters. The smallest absolute Gasteiger partial charge is 0.338 e. The molecular formula is C17H19ClO3. The second kappa shape index (κ2) is 9.23. The molecule has 0 saturated heterocycles. The highest BCUT2D eigenvalue weighted by Crippen LogP contribution is 2.23. The van der Waals surface area contributed by atoms with Crippen LogP contribution in [0, 0.1) is 11.8 Å². The number of hydrogen-bond donors (Lipinski definition) is 1. The fraction of sp³-hybridized carbons (Fsp3) is 0.353. The van der Waals surface area contributed by atoms with E-state index in [4.69, 9.17) is 21.4 Å². The van der Waals surface area contributed by atoms with E-state index in [1.165, 1.54) is 13.2 Å². The van der Waals surface area contributed by atoms with Crippen LogP contribution in [0.5, 0.6) is 0 Å². The Labute approximate surface area is 130 Å². The van der Waals surface area contributed by atoms with Gasteiger partial charge < -0.3 is 9.84 Å². The van der Waals surface area contributed by atoms with Gasteiger partial charge in [-0.15, -0.1) is 0 Å². The van der Waals surface area contributed by atoms with E-state index < -0.39 is 5.97 Å². The molecule has 1 N–H and O–H groups in total. The van der Waals surface area contributed by atoms with E-state index in [9.17, 15) is 4.79 Å². The molecule has 0 amide bonds. The number of ether oxygens (including phenoxy) is 1. The highest BCUT2D eigenvalue weighted by molar-refractivity contribution is 6.31. The molecule has 0 radical (unpaired) electrons. The summed E-state index contributed by atoms with van der Waals surface area (Å²) >= 11 is 6.00. The topological polar surface area (TPSA) is 46.5 Å². The maximum Gasteiger partial charge on any atom is 0.338 e. The van der Waals surface area contributed by atoms with Gasteiger partial charge >= 0.3 is 5.97 Å². The van der Waals surface area contributed by atoms with Crippen molar-refractivity contribution in [2.24, 2.45) is 0 Å². The van der Waals surface area contributed by atoms with Crippen LogP contribution in [0.1, 0.15) is 37.3 Å². The average Bonchev–Trinajstić information content (AvgIpc) is 2.49. The average molecular weight is 307 g/mol. The zero-order chi connectivity index (χ0) is 15.7. The first-order chi connectivity index (χ1) is 10.1. The van der Waals surface area contributed by atoms with E-state index in [-0.39, 0.29) is 12.2 Å². The molecule has 0 aromatic heterocycles. The second-order valence-electron chi connectivity index (χ2n) is 4.39. The predicted molar refractivity (Wildman–Crippen MR) is 84.9 cm³/mol. The fourth-order valence-electron chi connectivity index (χ4n) is 1.78. The first kappa shape index (κ1) is 17.3. The standard InChI is InChI=1S/C17H19ClO3/c1-3-4-5-6-7-13-12-14(18)8-9-15(13)16(10-11-19)17(20)21-2/h8-10,12,19H,3-5,11H2,1-2H3/b16-10+. The maximum atomic E-state index is 11.8. The summed E-state index contributed by atoms with van der Waals surface area (Å²) in [5.74, 6) is 5.60. The van der Waals surface area contributed by atoms with Crippen molar-refractivity contribution in [2.75, 3.05) is 13.7 Å². The summed E-state index contributed by atoms with van der Waals surface area (Å²) in [6.07, 6.45) is 4.31. The molecule has 0 aliphatic rings. The molecule has 0 aliphatic carbocycles. The van der Waals surface area contributed by atoms with Crippen molar-refractivity contribution in [3.05, 3.63) is 40.4 Å².